The van der Waals surface area contributed by atoms with Crippen molar-refractivity contribution in [2.24, 2.45) is 11.8 Å². The minimum atomic E-state index is 0.0283. The van der Waals surface area contributed by atoms with Crippen LogP contribution in [0.25, 0.3) is 0 Å². The molecule has 12 rings (SSSR count). The maximum Gasteiger partial charge on any atom is 0.203 e. The average molecular weight is 1920 g/mol. The van der Waals surface area contributed by atoms with Gasteiger partial charge in [0.1, 0.15) is 0 Å². The monoisotopic (exact) mass is 1920 g/mol. The molecule has 4 atom stereocenters. The maximum absolute atomic E-state index is 5.96. The van der Waals surface area contributed by atoms with Crippen LogP contribution in [0.2, 0.25) is 0 Å². The average Bonchev–Trinajstić information content (AvgIpc) is 0.797. The van der Waals surface area contributed by atoms with Crippen LogP contribution < -0.4 is 114 Å². The van der Waals surface area contributed by atoms with Gasteiger partial charge < -0.3 is 114 Å². The Morgan fingerprint density at radius 3 is 0.414 bits per heavy atom. The lowest BCUT2D eigenvalue weighted by molar-refractivity contribution is 0.320. The van der Waals surface area contributed by atoms with Gasteiger partial charge in [0.25, 0.3) is 0 Å². The van der Waals surface area contributed by atoms with Crippen molar-refractivity contribution in [2.75, 3.05) is 171 Å². The molecule has 748 valence electrons. The molecule has 24 heteroatoms. The molecule has 0 unspecified atom stereocenters. The third-order valence-corrected chi connectivity index (χ3v) is 26.1. The lowest BCUT2D eigenvalue weighted by atomic mass is 9.75. The quantitative estimate of drug-likeness (QED) is 0.0346. The molecule has 12 aromatic carbocycles. The molecule has 12 aromatic rings. The molecule has 0 aliphatic rings. The highest BCUT2D eigenvalue weighted by molar-refractivity contribution is 5.61. The fourth-order valence-electron chi connectivity index (χ4n) is 18.7. The summed E-state index contributed by atoms with van der Waals surface area (Å²) in [5.41, 5.74) is 18.6. The van der Waals surface area contributed by atoms with Crippen molar-refractivity contribution in [1.82, 2.24) is 0 Å². The van der Waals surface area contributed by atoms with Crippen LogP contribution in [0.15, 0.2) is 194 Å². The summed E-state index contributed by atoms with van der Waals surface area (Å²) in [5.74, 6) is 15.1. The Morgan fingerprint density at radius 1 is 0.136 bits per heavy atom. The van der Waals surface area contributed by atoms with E-state index >= 15 is 0 Å². The molecule has 0 radical (unpaired) electrons. The van der Waals surface area contributed by atoms with Crippen LogP contribution in [0.5, 0.6) is 138 Å². The second-order valence-electron chi connectivity index (χ2n) is 34.0. The number of methoxy groups -OCH3 is 24. The fourth-order valence-corrected chi connectivity index (χ4v) is 18.7. The van der Waals surface area contributed by atoms with Gasteiger partial charge in [-0.1, -0.05) is 97.1 Å². The number of rotatable bonds is 54. The SMILES string of the molecule is COc1cc(CCc2ccc(C[C@@H](CCc3cc(OC)c(OC)c(OC)c3)[C@@H](Cc3ccc(CCc4cc(OC)c(OC)c(OC)c4)cc3)c3cc(OC)c(OC)c(OC)c3)cc2)cc(OC)c1OC.COc1cc(CCc2ccc(C[C@H](CCc3cc(OC)c(OC)c(OC)c3)[C@H](Cc3ccc(CCc4cc(OC)c(OC)c(OC)c4)cc3)c3cc(OC)c(OC)c(OC)c3)cc2)cc(OC)c1OC. The van der Waals surface area contributed by atoms with Gasteiger partial charge >= 0.3 is 0 Å². The zero-order valence-electron chi connectivity index (χ0n) is 85.9. The second kappa shape index (κ2) is 53.1. The van der Waals surface area contributed by atoms with Gasteiger partial charge in [0.15, 0.2) is 92.0 Å². The second-order valence-corrected chi connectivity index (χ2v) is 34.0. The van der Waals surface area contributed by atoms with E-state index in [-0.39, 0.29) is 23.7 Å². The smallest absolute Gasteiger partial charge is 0.203 e. The van der Waals surface area contributed by atoms with Gasteiger partial charge in [-0.3, -0.25) is 0 Å². The summed E-state index contributed by atoms with van der Waals surface area (Å²) in [6.07, 6.45) is 12.9. The maximum atomic E-state index is 5.96. The van der Waals surface area contributed by atoms with Gasteiger partial charge in [-0.2, -0.15) is 0 Å². The minimum absolute atomic E-state index is 0.0283. The molecule has 140 heavy (non-hydrogen) atoms. The van der Waals surface area contributed by atoms with Crippen LogP contribution in [0.4, 0.5) is 0 Å². The predicted molar refractivity (Wildman–Crippen MR) is 548 cm³/mol. The number of hydrogen-bond donors (Lipinski definition) is 0. The minimum Gasteiger partial charge on any atom is -0.493 e. The summed E-state index contributed by atoms with van der Waals surface area (Å²) in [6, 6.07) is 68.8. The Kier molecular flexibility index (Phi) is 40.3. The van der Waals surface area contributed by atoms with E-state index in [0.29, 0.717) is 138 Å². The first kappa shape index (κ1) is 106. The van der Waals surface area contributed by atoms with Gasteiger partial charge in [-0.25, -0.2) is 0 Å². The molecule has 0 amide bonds. The van der Waals surface area contributed by atoms with Crippen molar-refractivity contribution < 1.29 is 114 Å². The lowest BCUT2D eigenvalue weighted by Crippen LogP contribution is -2.20. The van der Waals surface area contributed by atoms with Crippen molar-refractivity contribution in [2.45, 2.75) is 115 Å². The molecule has 0 N–H and O–H groups in total. The molecule has 0 fully saturated rings. The first-order valence-corrected chi connectivity index (χ1v) is 46.9. The van der Waals surface area contributed by atoms with E-state index in [9.17, 15) is 0 Å². The lowest BCUT2D eigenvalue weighted by Gasteiger charge is -2.30. The number of benzene rings is 12. The molecule has 0 aliphatic heterocycles. The largest absolute Gasteiger partial charge is 0.493 e. The highest BCUT2D eigenvalue weighted by Crippen LogP contribution is 2.50. The van der Waals surface area contributed by atoms with Crippen molar-refractivity contribution >= 4 is 0 Å². The van der Waals surface area contributed by atoms with Crippen LogP contribution in [-0.4, -0.2) is 171 Å². The molecule has 0 heterocycles. The first-order chi connectivity index (χ1) is 68.2. The van der Waals surface area contributed by atoms with Crippen LogP contribution in [-0.2, 0) is 89.9 Å². The molecular weight excluding hydrogens is 1780 g/mol. The first-order valence-electron chi connectivity index (χ1n) is 46.9. The molecule has 0 spiro atoms. The summed E-state index contributed by atoms with van der Waals surface area (Å²) < 4.78 is 137. The van der Waals surface area contributed by atoms with Crippen molar-refractivity contribution in [3.05, 3.63) is 283 Å². The Morgan fingerprint density at radius 2 is 0.264 bits per heavy atom. The number of aryl methyl sites for hydroxylation is 10. The van der Waals surface area contributed by atoms with E-state index in [1.807, 2.05) is 72.8 Å². The normalized spacial score (nSPS) is 11.8. The summed E-state index contributed by atoms with van der Waals surface area (Å²) in [5, 5.41) is 0. The Labute approximate surface area is 827 Å². The zero-order chi connectivity index (χ0) is 100. The number of ether oxygens (including phenoxy) is 24. The van der Waals surface area contributed by atoms with Crippen molar-refractivity contribution in [3.8, 4) is 138 Å². The third-order valence-electron chi connectivity index (χ3n) is 26.1. The molecule has 0 aromatic heterocycles. The van der Waals surface area contributed by atoms with Crippen LogP contribution in [0, 0.1) is 11.8 Å². The van der Waals surface area contributed by atoms with Crippen molar-refractivity contribution in [1.29, 1.82) is 0 Å². The van der Waals surface area contributed by atoms with E-state index < -0.39 is 0 Å². The predicted octanol–water partition coefficient (Wildman–Crippen LogP) is 22.4. The van der Waals surface area contributed by atoms with Gasteiger partial charge in [-0.05, 0) is 312 Å². The van der Waals surface area contributed by atoms with E-state index in [1.165, 1.54) is 44.5 Å². The summed E-state index contributed by atoms with van der Waals surface area (Å²) in [7, 11) is 39.4. The summed E-state index contributed by atoms with van der Waals surface area (Å²) in [6.45, 7) is 0. The Bertz CT molecular complexity index is 5370. The van der Waals surface area contributed by atoms with Crippen molar-refractivity contribution in [3.63, 3.8) is 0 Å². The number of hydrogen-bond acceptors (Lipinski definition) is 24. The highest BCUT2D eigenvalue weighted by atomic mass is 16.6. The molecule has 0 bridgehead atoms. The van der Waals surface area contributed by atoms with E-state index in [4.69, 9.17) is 114 Å². The molecule has 0 saturated heterocycles. The van der Waals surface area contributed by atoms with E-state index in [0.717, 1.165) is 147 Å². The van der Waals surface area contributed by atoms with Gasteiger partial charge in [0.2, 0.25) is 46.0 Å². The van der Waals surface area contributed by atoms with E-state index in [1.54, 1.807) is 171 Å². The summed E-state index contributed by atoms with van der Waals surface area (Å²) >= 11 is 0. The standard InChI is InChI=1S/2C58H70O12/c2*1-59-47-29-41(30-48(60-2)55(47)67-9)23-17-37-13-19-39(20-14-37)27-44(26-25-43-33-51(63-5)57(69-11)52(34-43)64-6)46(45-35-53(65-7)58(70-12)54(36-45)66-8)28-40-21-15-38(16-22-40)18-24-42-31-49(61-3)56(68-10)50(32-42)62-4/h2*13-16,19-22,29-36,44,46H,17-18,23-28H2,1-12H3/t2*44-,46-/m10/s1. The van der Waals surface area contributed by atoms with Gasteiger partial charge in [-0.15, -0.1) is 0 Å². The summed E-state index contributed by atoms with van der Waals surface area (Å²) in [4.78, 5) is 0. The van der Waals surface area contributed by atoms with Crippen LogP contribution in [0.1, 0.15) is 114 Å². The van der Waals surface area contributed by atoms with Crippen LogP contribution >= 0.6 is 0 Å². The molecule has 24 nitrogen and oxygen atoms in total. The van der Waals surface area contributed by atoms with Gasteiger partial charge in [0.05, 0.1) is 171 Å². The molecule has 0 aliphatic carbocycles. The third kappa shape index (κ3) is 26.8. The zero-order valence-corrected chi connectivity index (χ0v) is 85.9. The Hall–Kier alpha value is -14.2. The molecular formula is C116H140O24. The van der Waals surface area contributed by atoms with Crippen LogP contribution in [0.3, 0.4) is 0 Å². The van der Waals surface area contributed by atoms with Gasteiger partial charge in [0, 0.05) is 0 Å². The highest BCUT2D eigenvalue weighted by Gasteiger charge is 2.32. The topological polar surface area (TPSA) is 222 Å². The fraction of sp³-hybridized carbons (Fsp3) is 0.379. The van der Waals surface area contributed by atoms with E-state index in [2.05, 4.69) is 121 Å². The Balaban J connectivity index is 0.000000268. The molecule has 0 saturated carbocycles.